The van der Waals surface area contributed by atoms with E-state index in [1.54, 1.807) is 24.3 Å². The smallest absolute Gasteiger partial charge is 0.255 e. The number of anilines is 2. The Morgan fingerprint density at radius 3 is 2.68 bits per heavy atom. The zero-order valence-electron chi connectivity index (χ0n) is 14.1. The number of nitrogens with one attached hydrogen (secondary N) is 2. The van der Waals surface area contributed by atoms with Gasteiger partial charge in [-0.25, -0.2) is 0 Å². The van der Waals surface area contributed by atoms with Crippen molar-refractivity contribution in [1.82, 2.24) is 5.32 Å². The van der Waals surface area contributed by atoms with E-state index in [1.165, 1.54) is 0 Å². The lowest BCUT2D eigenvalue weighted by Gasteiger charge is -2.30. The molecular formula is C19H21N3O3. The average molecular weight is 339 g/mol. The highest BCUT2D eigenvalue weighted by Gasteiger charge is 2.19. The third-order valence-corrected chi connectivity index (χ3v) is 3.96. The normalized spacial score (nSPS) is 14.0. The summed E-state index contributed by atoms with van der Waals surface area (Å²) in [6.45, 7) is 4.10. The second-order valence-electron chi connectivity index (χ2n) is 5.70. The van der Waals surface area contributed by atoms with Crippen molar-refractivity contribution >= 4 is 23.2 Å². The van der Waals surface area contributed by atoms with E-state index in [-0.39, 0.29) is 18.4 Å². The predicted octanol–water partition coefficient (Wildman–Crippen LogP) is 2.27. The van der Waals surface area contributed by atoms with Crippen molar-refractivity contribution < 1.29 is 14.3 Å². The molecule has 130 valence electrons. The van der Waals surface area contributed by atoms with Crippen LogP contribution in [-0.2, 0) is 4.79 Å². The molecule has 2 aromatic carbocycles. The highest BCUT2D eigenvalue weighted by atomic mass is 16.5. The highest BCUT2D eigenvalue weighted by Crippen LogP contribution is 2.26. The molecule has 0 radical (unpaired) electrons. The van der Waals surface area contributed by atoms with Gasteiger partial charge in [0.25, 0.3) is 5.91 Å². The van der Waals surface area contributed by atoms with Crippen molar-refractivity contribution in [3.8, 4) is 5.75 Å². The van der Waals surface area contributed by atoms with Gasteiger partial charge in [-0.1, -0.05) is 12.1 Å². The molecule has 0 aliphatic carbocycles. The van der Waals surface area contributed by atoms with Crippen LogP contribution < -0.4 is 20.3 Å². The number of para-hydroxylation sites is 2. The topological polar surface area (TPSA) is 70.7 Å². The monoisotopic (exact) mass is 339 g/mol. The summed E-state index contributed by atoms with van der Waals surface area (Å²) in [6, 6.07) is 14.5. The Bertz CT molecular complexity index is 759. The Balaban J connectivity index is 1.76. The first kappa shape index (κ1) is 16.8. The molecule has 1 aliphatic heterocycles. The van der Waals surface area contributed by atoms with Crippen LogP contribution in [0.1, 0.15) is 17.3 Å². The molecular weight excluding hydrogens is 318 g/mol. The number of amides is 2. The molecule has 0 spiro atoms. The first-order valence-corrected chi connectivity index (χ1v) is 8.32. The van der Waals surface area contributed by atoms with Gasteiger partial charge in [0.2, 0.25) is 5.91 Å². The fraction of sp³-hybridized carbons (Fsp3) is 0.263. The lowest BCUT2D eigenvalue weighted by Crippen LogP contribution is -2.47. The van der Waals surface area contributed by atoms with E-state index in [2.05, 4.69) is 10.6 Å². The summed E-state index contributed by atoms with van der Waals surface area (Å²) in [4.78, 5) is 26.1. The van der Waals surface area contributed by atoms with Crippen molar-refractivity contribution in [3.63, 3.8) is 0 Å². The van der Waals surface area contributed by atoms with Crippen LogP contribution in [-0.4, -0.2) is 38.1 Å². The average Bonchev–Trinajstić information content (AvgIpc) is 2.63. The van der Waals surface area contributed by atoms with Gasteiger partial charge in [0.1, 0.15) is 5.75 Å². The van der Waals surface area contributed by atoms with Gasteiger partial charge in [0.15, 0.2) is 0 Å². The van der Waals surface area contributed by atoms with Crippen LogP contribution in [0.3, 0.4) is 0 Å². The van der Waals surface area contributed by atoms with Crippen LogP contribution >= 0.6 is 0 Å². The minimum atomic E-state index is -0.197. The summed E-state index contributed by atoms with van der Waals surface area (Å²) in [5.41, 5.74) is 2.09. The predicted molar refractivity (Wildman–Crippen MR) is 97.2 cm³/mol. The first-order valence-electron chi connectivity index (χ1n) is 8.32. The number of hydrogen-bond donors (Lipinski definition) is 2. The van der Waals surface area contributed by atoms with Gasteiger partial charge in [0, 0.05) is 18.7 Å². The number of ether oxygens (including phenoxy) is 1. The van der Waals surface area contributed by atoms with Gasteiger partial charge >= 0.3 is 0 Å². The van der Waals surface area contributed by atoms with Crippen LogP contribution in [0.2, 0.25) is 0 Å². The van der Waals surface area contributed by atoms with E-state index in [1.807, 2.05) is 36.1 Å². The molecule has 1 aliphatic rings. The highest BCUT2D eigenvalue weighted by molar-refractivity contribution is 6.06. The molecule has 3 rings (SSSR count). The molecule has 2 amide bonds. The maximum absolute atomic E-state index is 12.5. The number of benzene rings is 2. The molecule has 0 aromatic heterocycles. The molecule has 1 heterocycles. The first-order chi connectivity index (χ1) is 12.2. The van der Waals surface area contributed by atoms with E-state index in [4.69, 9.17) is 4.74 Å². The summed E-state index contributed by atoms with van der Waals surface area (Å²) in [6.07, 6.45) is 0. The van der Waals surface area contributed by atoms with Crippen molar-refractivity contribution in [1.29, 1.82) is 0 Å². The van der Waals surface area contributed by atoms with Gasteiger partial charge in [0.05, 0.1) is 24.5 Å². The zero-order chi connectivity index (χ0) is 17.6. The van der Waals surface area contributed by atoms with Crippen LogP contribution in [0.25, 0.3) is 0 Å². The van der Waals surface area contributed by atoms with Gasteiger partial charge < -0.3 is 20.3 Å². The maximum Gasteiger partial charge on any atom is 0.255 e. The lowest BCUT2D eigenvalue weighted by molar-refractivity contribution is -0.120. The Labute approximate surface area is 146 Å². The molecule has 6 heteroatoms. The van der Waals surface area contributed by atoms with E-state index >= 15 is 0 Å². The SMILES string of the molecule is CCOc1ccc(C(=O)Nc2ccccc2N2CCNC(=O)C2)cc1. The van der Waals surface area contributed by atoms with Crippen molar-refractivity contribution in [2.24, 2.45) is 0 Å². The quantitative estimate of drug-likeness (QED) is 0.877. The van der Waals surface area contributed by atoms with E-state index in [0.29, 0.717) is 30.9 Å². The molecule has 0 bridgehead atoms. The van der Waals surface area contributed by atoms with Crippen LogP contribution in [0, 0.1) is 0 Å². The zero-order valence-corrected chi connectivity index (χ0v) is 14.1. The number of nitrogens with zero attached hydrogens (tertiary/aromatic N) is 1. The van der Waals surface area contributed by atoms with Crippen LogP contribution in [0.15, 0.2) is 48.5 Å². The summed E-state index contributed by atoms with van der Waals surface area (Å²) in [7, 11) is 0. The maximum atomic E-state index is 12.5. The number of carbonyl (C=O) groups excluding carboxylic acids is 2. The second kappa shape index (κ2) is 7.70. The number of hydrogen-bond acceptors (Lipinski definition) is 4. The summed E-state index contributed by atoms with van der Waals surface area (Å²) >= 11 is 0. The van der Waals surface area contributed by atoms with E-state index < -0.39 is 0 Å². The van der Waals surface area contributed by atoms with Gasteiger partial charge in [-0.2, -0.15) is 0 Å². The van der Waals surface area contributed by atoms with Gasteiger partial charge in [-0.05, 0) is 43.3 Å². The molecule has 2 N–H and O–H groups in total. The summed E-state index contributed by atoms with van der Waals surface area (Å²) in [5, 5.41) is 5.74. The number of rotatable bonds is 5. The third-order valence-electron chi connectivity index (χ3n) is 3.96. The van der Waals surface area contributed by atoms with Crippen LogP contribution in [0.4, 0.5) is 11.4 Å². The molecule has 25 heavy (non-hydrogen) atoms. The second-order valence-corrected chi connectivity index (χ2v) is 5.70. The fourth-order valence-corrected chi connectivity index (χ4v) is 2.76. The van der Waals surface area contributed by atoms with E-state index in [9.17, 15) is 9.59 Å². The van der Waals surface area contributed by atoms with Gasteiger partial charge in [-0.15, -0.1) is 0 Å². The minimum Gasteiger partial charge on any atom is -0.494 e. The third kappa shape index (κ3) is 4.09. The summed E-state index contributed by atoms with van der Waals surface area (Å²) < 4.78 is 5.39. The Kier molecular flexibility index (Phi) is 5.18. The van der Waals surface area contributed by atoms with E-state index in [0.717, 1.165) is 11.4 Å². The van der Waals surface area contributed by atoms with Crippen molar-refractivity contribution in [3.05, 3.63) is 54.1 Å². The fourth-order valence-electron chi connectivity index (χ4n) is 2.76. The molecule has 0 unspecified atom stereocenters. The Morgan fingerprint density at radius 1 is 1.20 bits per heavy atom. The molecule has 0 saturated carbocycles. The van der Waals surface area contributed by atoms with Crippen molar-refractivity contribution in [2.75, 3.05) is 36.5 Å². The number of carbonyl (C=O) groups is 2. The molecule has 6 nitrogen and oxygen atoms in total. The Hall–Kier alpha value is -3.02. The van der Waals surface area contributed by atoms with Crippen LogP contribution in [0.5, 0.6) is 5.75 Å². The number of piperazine rings is 1. The molecule has 1 fully saturated rings. The molecule has 2 aromatic rings. The largest absolute Gasteiger partial charge is 0.494 e. The molecule has 1 saturated heterocycles. The summed E-state index contributed by atoms with van der Waals surface area (Å²) in [5.74, 6) is 0.523. The lowest BCUT2D eigenvalue weighted by atomic mass is 10.1. The Morgan fingerprint density at radius 2 is 1.96 bits per heavy atom. The van der Waals surface area contributed by atoms with Crippen molar-refractivity contribution in [2.45, 2.75) is 6.92 Å². The standard InChI is InChI=1S/C19H21N3O3/c1-2-25-15-9-7-14(8-10-15)19(24)21-16-5-3-4-6-17(16)22-12-11-20-18(23)13-22/h3-10H,2,11-13H2,1H3,(H,20,23)(H,21,24). The van der Waals surface area contributed by atoms with Gasteiger partial charge in [-0.3, -0.25) is 9.59 Å². The minimum absolute atomic E-state index is 0.0149. The molecule has 0 atom stereocenters.